The van der Waals surface area contributed by atoms with Crippen molar-refractivity contribution >= 4 is 40.9 Å². The van der Waals surface area contributed by atoms with E-state index in [0.29, 0.717) is 23.9 Å². The van der Waals surface area contributed by atoms with Crippen molar-refractivity contribution in [1.82, 2.24) is 5.32 Å². The van der Waals surface area contributed by atoms with E-state index in [9.17, 15) is 9.59 Å². The number of nitrogens with zero attached hydrogens (tertiary/aromatic N) is 1. The number of hydrogen-bond acceptors (Lipinski definition) is 6. The van der Waals surface area contributed by atoms with Crippen molar-refractivity contribution in [3.8, 4) is 5.75 Å². The largest absolute Gasteiger partial charge is 0.497 e. The minimum absolute atomic E-state index is 0.247. The van der Waals surface area contributed by atoms with Crippen LogP contribution in [0.25, 0.3) is 0 Å². The summed E-state index contributed by atoms with van der Waals surface area (Å²) in [5, 5.41) is 3.49. The van der Waals surface area contributed by atoms with E-state index in [1.165, 1.54) is 18.7 Å². The van der Waals surface area contributed by atoms with E-state index >= 15 is 0 Å². The third-order valence-electron chi connectivity index (χ3n) is 4.93. The maximum atomic E-state index is 13.6. The van der Waals surface area contributed by atoms with Gasteiger partial charge in [0, 0.05) is 29.9 Å². The van der Waals surface area contributed by atoms with Gasteiger partial charge in [0.05, 0.1) is 18.0 Å². The molecule has 0 bridgehead atoms. The first-order valence-corrected chi connectivity index (χ1v) is 11.5. The maximum Gasteiger partial charge on any atom is 0.303 e. The van der Waals surface area contributed by atoms with Crippen LogP contribution in [-0.2, 0) is 14.3 Å². The molecule has 166 valence electrons. The lowest BCUT2D eigenvalue weighted by Gasteiger charge is -2.27. The Kier molecular flexibility index (Phi) is 8.23. The van der Waals surface area contributed by atoms with Gasteiger partial charge in [-0.05, 0) is 48.9 Å². The summed E-state index contributed by atoms with van der Waals surface area (Å²) in [7, 11) is 1.60. The highest BCUT2D eigenvalue weighted by Gasteiger charge is 2.40. The second-order valence-corrected chi connectivity index (χ2v) is 8.81. The summed E-state index contributed by atoms with van der Waals surface area (Å²) in [5.74, 6) is -0.0294. The Hall–Kier alpha value is -2.22. The van der Waals surface area contributed by atoms with Crippen LogP contribution in [0.4, 0.5) is 5.69 Å². The molecule has 1 heterocycles. The number of nitrogens with one attached hydrogen (secondary N) is 1. The number of fused-ring (bicyclic) bond motifs is 1. The molecule has 0 fully saturated rings. The number of hydrogen-bond donors (Lipinski definition) is 1. The minimum Gasteiger partial charge on any atom is -0.497 e. The monoisotopic (exact) mass is 462 g/mol. The van der Waals surface area contributed by atoms with Crippen molar-refractivity contribution < 1.29 is 19.1 Å². The number of carbonyl (C=O) groups is 2. The summed E-state index contributed by atoms with van der Waals surface area (Å²) in [5.41, 5.74) is 1.63. The van der Waals surface area contributed by atoms with E-state index in [0.717, 1.165) is 29.1 Å². The van der Waals surface area contributed by atoms with E-state index in [1.807, 2.05) is 36.4 Å². The molecule has 0 spiro atoms. The summed E-state index contributed by atoms with van der Waals surface area (Å²) in [4.78, 5) is 28.1. The Balaban J connectivity index is 2.03. The molecule has 0 saturated heterocycles. The second-order valence-electron chi connectivity index (χ2n) is 7.19. The molecule has 31 heavy (non-hydrogen) atoms. The minimum atomic E-state index is -0.965. The van der Waals surface area contributed by atoms with Crippen LogP contribution < -0.4 is 15.0 Å². The Labute approximate surface area is 192 Å². The molecular weight excluding hydrogens is 436 g/mol. The number of carbonyl (C=O) groups excluding carboxylic acids is 2. The molecule has 8 heteroatoms. The first kappa shape index (κ1) is 23.4. The van der Waals surface area contributed by atoms with Gasteiger partial charge in [0.1, 0.15) is 5.75 Å². The van der Waals surface area contributed by atoms with Gasteiger partial charge in [-0.3, -0.25) is 9.59 Å². The van der Waals surface area contributed by atoms with Crippen molar-refractivity contribution in [2.45, 2.75) is 36.5 Å². The lowest BCUT2D eigenvalue weighted by atomic mass is 10.1. The zero-order valence-corrected chi connectivity index (χ0v) is 19.5. The summed E-state index contributed by atoms with van der Waals surface area (Å²) in [6.07, 6.45) is 0.0410. The molecule has 0 saturated carbocycles. The highest BCUT2D eigenvalue weighted by atomic mass is 35.5. The Bertz CT molecular complexity index is 922. The Morgan fingerprint density at radius 2 is 1.94 bits per heavy atom. The van der Waals surface area contributed by atoms with Crippen LogP contribution in [0, 0.1) is 0 Å². The quantitative estimate of drug-likeness (QED) is 0.461. The first-order valence-electron chi connectivity index (χ1n) is 10.2. The molecule has 2 aromatic rings. The number of thioether (sulfide) groups is 1. The molecule has 2 aromatic carbocycles. The van der Waals surface area contributed by atoms with Gasteiger partial charge in [-0.25, -0.2) is 0 Å². The third kappa shape index (κ3) is 5.73. The summed E-state index contributed by atoms with van der Waals surface area (Å²) in [6.45, 7) is 5.37. The SMILES string of the molecule is CCCNCCN1C(=O)[C@@H](OC(C)=O)[C@@H](c2ccc(OC)cc2)Sc2cc(Cl)ccc21. The van der Waals surface area contributed by atoms with E-state index in [-0.39, 0.29) is 5.91 Å². The fourth-order valence-corrected chi connectivity index (χ4v) is 5.05. The van der Waals surface area contributed by atoms with Crippen molar-refractivity contribution in [3.63, 3.8) is 0 Å². The summed E-state index contributed by atoms with van der Waals surface area (Å²) in [6, 6.07) is 12.9. The Morgan fingerprint density at radius 1 is 1.19 bits per heavy atom. The number of methoxy groups -OCH3 is 1. The molecule has 0 radical (unpaired) electrons. The van der Waals surface area contributed by atoms with Gasteiger partial charge in [-0.2, -0.15) is 0 Å². The molecule has 1 aliphatic heterocycles. The number of ether oxygens (including phenoxy) is 2. The van der Waals surface area contributed by atoms with Gasteiger partial charge < -0.3 is 19.7 Å². The van der Waals surface area contributed by atoms with Crippen LogP contribution in [-0.4, -0.2) is 44.7 Å². The van der Waals surface area contributed by atoms with Crippen molar-refractivity contribution in [1.29, 1.82) is 0 Å². The number of esters is 1. The van der Waals surface area contributed by atoms with Crippen LogP contribution in [0.1, 0.15) is 31.1 Å². The van der Waals surface area contributed by atoms with Crippen LogP contribution in [0.3, 0.4) is 0 Å². The van der Waals surface area contributed by atoms with E-state index in [1.54, 1.807) is 18.1 Å². The van der Waals surface area contributed by atoms with Gasteiger partial charge in [0.15, 0.2) is 6.10 Å². The molecular formula is C23H27ClN2O4S. The predicted octanol–water partition coefficient (Wildman–Crippen LogP) is 4.46. The molecule has 0 unspecified atom stereocenters. The number of benzene rings is 2. The topological polar surface area (TPSA) is 67.9 Å². The van der Waals surface area contributed by atoms with E-state index < -0.39 is 17.3 Å². The van der Waals surface area contributed by atoms with Crippen LogP contribution in [0.15, 0.2) is 47.4 Å². The van der Waals surface area contributed by atoms with Crippen LogP contribution in [0.5, 0.6) is 5.75 Å². The molecule has 3 rings (SSSR count). The van der Waals surface area contributed by atoms with Gasteiger partial charge >= 0.3 is 5.97 Å². The zero-order valence-electron chi connectivity index (χ0n) is 17.9. The van der Waals surface area contributed by atoms with Crippen LogP contribution >= 0.6 is 23.4 Å². The lowest BCUT2D eigenvalue weighted by molar-refractivity contribution is -0.152. The molecule has 1 N–H and O–H groups in total. The molecule has 1 aliphatic rings. The normalized spacial score (nSPS) is 18.3. The molecule has 2 atom stereocenters. The highest BCUT2D eigenvalue weighted by Crippen LogP contribution is 2.47. The molecule has 1 amide bonds. The van der Waals surface area contributed by atoms with Crippen molar-refractivity contribution in [2.75, 3.05) is 31.6 Å². The molecule has 6 nitrogen and oxygen atoms in total. The standard InChI is InChI=1S/C23H27ClN2O4S/c1-4-11-25-12-13-26-19-10-7-17(24)14-20(19)31-22(21(23(26)28)30-15(2)27)16-5-8-18(29-3)9-6-16/h5-10,14,21-22,25H,4,11-13H2,1-3H3/t21-,22+/m0/s1. The predicted molar refractivity (Wildman–Crippen MR) is 124 cm³/mol. The number of halogens is 1. The zero-order chi connectivity index (χ0) is 22.4. The van der Waals surface area contributed by atoms with Gasteiger partial charge in [0.2, 0.25) is 0 Å². The van der Waals surface area contributed by atoms with E-state index in [4.69, 9.17) is 21.1 Å². The average Bonchev–Trinajstić information content (AvgIpc) is 2.86. The van der Waals surface area contributed by atoms with Crippen LogP contribution in [0.2, 0.25) is 5.02 Å². The smallest absolute Gasteiger partial charge is 0.303 e. The highest BCUT2D eigenvalue weighted by molar-refractivity contribution is 7.99. The number of amides is 1. The molecule has 0 aromatic heterocycles. The first-order chi connectivity index (χ1) is 14.9. The van der Waals surface area contributed by atoms with Gasteiger partial charge in [-0.1, -0.05) is 30.7 Å². The van der Waals surface area contributed by atoms with E-state index in [2.05, 4.69) is 12.2 Å². The fraction of sp³-hybridized carbons (Fsp3) is 0.391. The lowest BCUT2D eigenvalue weighted by Crippen LogP contribution is -2.45. The van der Waals surface area contributed by atoms with Gasteiger partial charge in [-0.15, -0.1) is 11.8 Å². The summed E-state index contributed by atoms with van der Waals surface area (Å²) < 4.78 is 10.8. The average molecular weight is 463 g/mol. The summed E-state index contributed by atoms with van der Waals surface area (Å²) >= 11 is 7.76. The maximum absolute atomic E-state index is 13.6. The van der Waals surface area contributed by atoms with Crippen molar-refractivity contribution in [2.24, 2.45) is 0 Å². The third-order valence-corrected chi connectivity index (χ3v) is 6.52. The number of anilines is 1. The van der Waals surface area contributed by atoms with Gasteiger partial charge in [0.25, 0.3) is 5.91 Å². The second kappa shape index (κ2) is 10.9. The number of rotatable bonds is 8. The van der Waals surface area contributed by atoms with Crippen molar-refractivity contribution in [3.05, 3.63) is 53.1 Å². The fourth-order valence-electron chi connectivity index (χ4n) is 3.46. The molecule has 0 aliphatic carbocycles. The Morgan fingerprint density at radius 3 is 2.58 bits per heavy atom.